The Morgan fingerprint density at radius 1 is 0.944 bits per heavy atom. The van der Waals surface area contributed by atoms with Crippen molar-refractivity contribution in [3.63, 3.8) is 0 Å². The van der Waals surface area contributed by atoms with E-state index in [-0.39, 0.29) is 6.10 Å². The van der Waals surface area contributed by atoms with Gasteiger partial charge < -0.3 is 0 Å². The van der Waals surface area contributed by atoms with Crippen molar-refractivity contribution in [2.45, 2.75) is 25.6 Å². The molecule has 92 valence electrons. The molecule has 2 nitrogen and oxygen atoms in total. The summed E-state index contributed by atoms with van der Waals surface area (Å²) in [4.78, 5) is 10.9. The van der Waals surface area contributed by atoms with Crippen molar-refractivity contribution in [2.75, 3.05) is 0 Å². The smallest absolute Gasteiger partial charge is 0.119 e. The summed E-state index contributed by atoms with van der Waals surface area (Å²) in [6.07, 6.45) is 2.17. The molecule has 1 unspecified atom stereocenters. The first-order valence-electron chi connectivity index (χ1n) is 6.33. The van der Waals surface area contributed by atoms with Crippen molar-refractivity contribution in [3.05, 3.63) is 71.3 Å². The van der Waals surface area contributed by atoms with E-state index in [1.807, 2.05) is 30.3 Å². The van der Waals surface area contributed by atoms with Gasteiger partial charge in [-0.1, -0.05) is 54.6 Å². The van der Waals surface area contributed by atoms with Gasteiger partial charge in [0.05, 0.1) is 0 Å². The van der Waals surface area contributed by atoms with Gasteiger partial charge in [-0.15, -0.1) is 0 Å². The van der Waals surface area contributed by atoms with Crippen LogP contribution in [-0.4, -0.2) is 0 Å². The van der Waals surface area contributed by atoms with Gasteiger partial charge in [-0.25, -0.2) is 9.78 Å². The molecule has 0 radical (unpaired) electrons. The van der Waals surface area contributed by atoms with E-state index in [0.29, 0.717) is 6.61 Å². The third-order valence-electron chi connectivity index (χ3n) is 3.33. The van der Waals surface area contributed by atoms with Crippen molar-refractivity contribution < 1.29 is 9.78 Å². The van der Waals surface area contributed by atoms with Gasteiger partial charge in [-0.2, -0.15) is 0 Å². The first kappa shape index (κ1) is 11.5. The fourth-order valence-electron chi connectivity index (χ4n) is 2.38. The molecule has 2 aromatic carbocycles. The van der Waals surface area contributed by atoms with E-state index < -0.39 is 0 Å². The molecule has 18 heavy (non-hydrogen) atoms. The van der Waals surface area contributed by atoms with Crippen LogP contribution in [0.1, 0.15) is 29.2 Å². The van der Waals surface area contributed by atoms with Gasteiger partial charge in [-0.3, -0.25) is 0 Å². The summed E-state index contributed by atoms with van der Waals surface area (Å²) in [5.74, 6) is 0. The fourth-order valence-corrected chi connectivity index (χ4v) is 2.38. The van der Waals surface area contributed by atoms with E-state index in [9.17, 15) is 0 Å². The Bertz CT molecular complexity index is 508. The lowest BCUT2D eigenvalue weighted by atomic mass is 10.1. The SMILES string of the molecule is c1ccc(COOC2CCc3ccccc32)cc1. The van der Waals surface area contributed by atoms with Gasteiger partial charge in [-0.05, 0) is 29.5 Å². The quantitative estimate of drug-likeness (QED) is 0.597. The highest BCUT2D eigenvalue weighted by molar-refractivity contribution is 5.33. The van der Waals surface area contributed by atoms with Crippen LogP contribution < -0.4 is 0 Å². The maximum Gasteiger partial charge on any atom is 0.119 e. The second-order valence-corrected chi connectivity index (χ2v) is 4.57. The predicted octanol–water partition coefficient (Wildman–Crippen LogP) is 3.82. The molecule has 3 rings (SSSR count). The summed E-state index contributed by atoms with van der Waals surface area (Å²) in [6.45, 7) is 0.500. The van der Waals surface area contributed by atoms with Gasteiger partial charge in [0, 0.05) is 0 Å². The molecular weight excluding hydrogens is 224 g/mol. The molecule has 0 saturated heterocycles. The van der Waals surface area contributed by atoms with E-state index in [1.54, 1.807) is 0 Å². The highest BCUT2D eigenvalue weighted by Crippen LogP contribution is 2.33. The lowest BCUT2D eigenvalue weighted by Crippen LogP contribution is -2.02. The Morgan fingerprint density at radius 2 is 1.72 bits per heavy atom. The molecule has 1 atom stereocenters. The standard InChI is InChI=1S/C16H16O2/c1-2-6-13(7-3-1)12-17-18-16-11-10-14-8-4-5-9-15(14)16/h1-9,16H,10-12H2. The molecule has 0 heterocycles. The van der Waals surface area contributed by atoms with Gasteiger partial charge in [0.1, 0.15) is 12.7 Å². The lowest BCUT2D eigenvalue weighted by molar-refractivity contribution is -0.335. The summed E-state index contributed by atoms with van der Waals surface area (Å²) in [6, 6.07) is 18.5. The summed E-state index contributed by atoms with van der Waals surface area (Å²) >= 11 is 0. The minimum absolute atomic E-state index is 0.0879. The minimum Gasteiger partial charge on any atom is -0.231 e. The number of hydrogen-bond donors (Lipinski definition) is 0. The van der Waals surface area contributed by atoms with Crippen molar-refractivity contribution in [1.82, 2.24) is 0 Å². The van der Waals surface area contributed by atoms with E-state index in [4.69, 9.17) is 9.78 Å². The zero-order valence-corrected chi connectivity index (χ0v) is 10.2. The summed E-state index contributed by atoms with van der Waals surface area (Å²) in [5, 5.41) is 0. The Morgan fingerprint density at radius 3 is 2.61 bits per heavy atom. The van der Waals surface area contributed by atoms with Crippen LogP contribution in [0.3, 0.4) is 0 Å². The number of hydrogen-bond acceptors (Lipinski definition) is 2. The first-order chi connectivity index (χ1) is 8.93. The summed E-state index contributed by atoms with van der Waals surface area (Å²) in [5.41, 5.74) is 3.78. The van der Waals surface area contributed by atoms with Crippen molar-refractivity contribution in [2.24, 2.45) is 0 Å². The Labute approximate surface area is 107 Å². The Hall–Kier alpha value is -1.64. The Balaban J connectivity index is 1.56. The first-order valence-corrected chi connectivity index (χ1v) is 6.33. The van der Waals surface area contributed by atoms with Crippen LogP contribution >= 0.6 is 0 Å². The van der Waals surface area contributed by atoms with Crippen LogP contribution in [0.5, 0.6) is 0 Å². The minimum atomic E-state index is 0.0879. The van der Waals surface area contributed by atoms with Crippen LogP contribution in [0.15, 0.2) is 54.6 Å². The largest absolute Gasteiger partial charge is 0.231 e. The third kappa shape index (κ3) is 2.45. The van der Waals surface area contributed by atoms with Crippen molar-refractivity contribution in [1.29, 1.82) is 0 Å². The Kier molecular flexibility index (Phi) is 3.40. The number of benzene rings is 2. The monoisotopic (exact) mass is 240 g/mol. The normalized spacial score (nSPS) is 17.7. The molecule has 0 aliphatic heterocycles. The molecule has 0 N–H and O–H groups in total. The van der Waals surface area contributed by atoms with Crippen LogP contribution in [0.25, 0.3) is 0 Å². The fraction of sp³-hybridized carbons (Fsp3) is 0.250. The summed E-state index contributed by atoms with van der Waals surface area (Å²) < 4.78 is 0. The van der Waals surface area contributed by atoms with Crippen LogP contribution in [0.2, 0.25) is 0 Å². The van der Waals surface area contributed by atoms with Crippen LogP contribution in [0.4, 0.5) is 0 Å². The van der Waals surface area contributed by atoms with E-state index in [1.165, 1.54) is 11.1 Å². The molecule has 0 aromatic heterocycles. The van der Waals surface area contributed by atoms with Gasteiger partial charge in [0.25, 0.3) is 0 Å². The molecule has 0 saturated carbocycles. The van der Waals surface area contributed by atoms with Crippen LogP contribution in [-0.2, 0) is 22.8 Å². The van der Waals surface area contributed by atoms with Crippen molar-refractivity contribution >= 4 is 0 Å². The second-order valence-electron chi connectivity index (χ2n) is 4.57. The van der Waals surface area contributed by atoms with E-state index in [2.05, 4.69) is 24.3 Å². The molecular formula is C16H16O2. The molecule has 0 amide bonds. The van der Waals surface area contributed by atoms with E-state index >= 15 is 0 Å². The molecule has 0 bridgehead atoms. The summed E-state index contributed by atoms with van der Waals surface area (Å²) in [7, 11) is 0. The van der Waals surface area contributed by atoms with Gasteiger partial charge >= 0.3 is 0 Å². The lowest BCUT2D eigenvalue weighted by Gasteiger charge is -2.11. The number of aryl methyl sites for hydroxylation is 1. The molecule has 1 aliphatic carbocycles. The maximum absolute atomic E-state index is 5.53. The van der Waals surface area contributed by atoms with Gasteiger partial charge in [0.15, 0.2) is 0 Å². The molecule has 2 aromatic rings. The number of fused-ring (bicyclic) bond motifs is 1. The van der Waals surface area contributed by atoms with Crippen LogP contribution in [0, 0.1) is 0 Å². The van der Waals surface area contributed by atoms with Gasteiger partial charge in [0.2, 0.25) is 0 Å². The third-order valence-corrected chi connectivity index (χ3v) is 3.33. The second kappa shape index (κ2) is 5.34. The predicted molar refractivity (Wildman–Crippen MR) is 69.8 cm³/mol. The average molecular weight is 240 g/mol. The average Bonchev–Trinajstić information content (AvgIpc) is 2.84. The zero-order valence-electron chi connectivity index (χ0n) is 10.2. The van der Waals surface area contributed by atoms with Crippen molar-refractivity contribution in [3.8, 4) is 0 Å². The maximum atomic E-state index is 5.53. The highest BCUT2D eigenvalue weighted by atomic mass is 17.2. The molecule has 0 spiro atoms. The van der Waals surface area contributed by atoms with E-state index in [0.717, 1.165) is 18.4 Å². The molecule has 2 heteroatoms. The zero-order chi connectivity index (χ0) is 12.2. The highest BCUT2D eigenvalue weighted by Gasteiger charge is 2.23. The molecule has 1 aliphatic rings. The molecule has 0 fully saturated rings. The topological polar surface area (TPSA) is 18.5 Å². The number of rotatable bonds is 4.